The average Bonchev–Trinajstić information content (AvgIpc) is 3.05. The number of rotatable bonds is 2. The van der Waals surface area contributed by atoms with Crippen molar-refractivity contribution < 1.29 is 19.4 Å². The summed E-state index contributed by atoms with van der Waals surface area (Å²) in [6.45, 7) is 1.27. The number of fused-ring (bicyclic) bond motifs is 1. The lowest BCUT2D eigenvalue weighted by atomic mass is 9.92. The first-order valence-electron chi connectivity index (χ1n) is 7.54. The van der Waals surface area contributed by atoms with Gasteiger partial charge in [-0.25, -0.2) is 4.79 Å². The van der Waals surface area contributed by atoms with E-state index in [0.29, 0.717) is 18.6 Å². The van der Waals surface area contributed by atoms with Gasteiger partial charge in [0.15, 0.2) is 0 Å². The van der Waals surface area contributed by atoms with Crippen LogP contribution in [0.5, 0.6) is 0 Å². The molecule has 0 spiro atoms. The number of carboxylic acids is 1. The van der Waals surface area contributed by atoms with Crippen LogP contribution in [-0.2, 0) is 9.53 Å². The summed E-state index contributed by atoms with van der Waals surface area (Å²) in [5, 5.41) is 12.0. The Bertz CT molecular complexity index is 401. The summed E-state index contributed by atoms with van der Waals surface area (Å²) in [6, 6.07) is -0.153. The lowest BCUT2D eigenvalue weighted by Gasteiger charge is -2.38. The van der Waals surface area contributed by atoms with Crippen molar-refractivity contribution in [3.63, 3.8) is 0 Å². The second kappa shape index (κ2) is 5.60. The van der Waals surface area contributed by atoms with Gasteiger partial charge < -0.3 is 20.1 Å². The van der Waals surface area contributed by atoms with Gasteiger partial charge in [0.2, 0.25) is 0 Å². The Balaban J connectivity index is 1.62. The topological polar surface area (TPSA) is 78.9 Å². The summed E-state index contributed by atoms with van der Waals surface area (Å²) in [7, 11) is 0. The van der Waals surface area contributed by atoms with E-state index < -0.39 is 17.9 Å². The Morgan fingerprint density at radius 2 is 1.95 bits per heavy atom. The number of ether oxygens (including phenoxy) is 1. The van der Waals surface area contributed by atoms with Crippen molar-refractivity contribution in [3.8, 4) is 0 Å². The van der Waals surface area contributed by atoms with Crippen molar-refractivity contribution in [2.75, 3.05) is 19.8 Å². The number of amides is 2. The first-order valence-corrected chi connectivity index (χ1v) is 7.54. The fourth-order valence-electron chi connectivity index (χ4n) is 3.89. The number of hydrogen-bond acceptors (Lipinski definition) is 3. The first kappa shape index (κ1) is 13.7. The Morgan fingerprint density at radius 1 is 1.15 bits per heavy atom. The van der Waals surface area contributed by atoms with Crippen molar-refractivity contribution in [3.05, 3.63) is 0 Å². The molecular formula is C14H22N2O4. The van der Waals surface area contributed by atoms with E-state index in [-0.39, 0.29) is 12.6 Å². The minimum atomic E-state index is -0.898. The molecular weight excluding hydrogens is 260 g/mol. The Morgan fingerprint density at radius 3 is 2.75 bits per heavy atom. The molecule has 2 N–H and O–H groups in total. The second-order valence-electron chi connectivity index (χ2n) is 6.13. The van der Waals surface area contributed by atoms with Crippen LogP contribution in [-0.4, -0.2) is 53.8 Å². The summed E-state index contributed by atoms with van der Waals surface area (Å²) >= 11 is 0. The Labute approximate surface area is 118 Å². The van der Waals surface area contributed by atoms with Crippen LogP contribution in [0.4, 0.5) is 4.79 Å². The van der Waals surface area contributed by atoms with Crippen LogP contribution < -0.4 is 5.32 Å². The molecule has 4 unspecified atom stereocenters. The average molecular weight is 282 g/mol. The highest BCUT2D eigenvalue weighted by molar-refractivity contribution is 5.77. The zero-order valence-electron chi connectivity index (χ0n) is 11.6. The monoisotopic (exact) mass is 282 g/mol. The molecule has 0 radical (unpaired) electrons. The van der Waals surface area contributed by atoms with Gasteiger partial charge in [0.25, 0.3) is 0 Å². The molecule has 112 valence electrons. The lowest BCUT2D eigenvalue weighted by Crippen LogP contribution is -2.54. The zero-order chi connectivity index (χ0) is 14.1. The van der Waals surface area contributed by atoms with E-state index in [1.807, 2.05) is 4.90 Å². The molecule has 3 rings (SSSR count). The van der Waals surface area contributed by atoms with Crippen molar-refractivity contribution in [1.29, 1.82) is 0 Å². The summed E-state index contributed by atoms with van der Waals surface area (Å²) in [5.74, 6) is -0.877. The minimum absolute atomic E-state index is 0.108. The number of carboxylic acid groups (broad SMARTS) is 1. The summed E-state index contributed by atoms with van der Waals surface area (Å²) < 4.78 is 5.19. The summed E-state index contributed by atoms with van der Waals surface area (Å²) in [5.41, 5.74) is 0. The van der Waals surface area contributed by atoms with Crippen molar-refractivity contribution in [2.45, 2.75) is 44.2 Å². The highest BCUT2D eigenvalue weighted by atomic mass is 16.5. The maximum atomic E-state index is 12.4. The molecule has 0 aromatic heterocycles. The largest absolute Gasteiger partial charge is 0.481 e. The fourth-order valence-corrected chi connectivity index (χ4v) is 3.89. The normalized spacial score (nSPS) is 36.7. The van der Waals surface area contributed by atoms with E-state index >= 15 is 0 Å². The number of urea groups is 1. The first-order chi connectivity index (χ1) is 9.66. The van der Waals surface area contributed by atoms with E-state index in [1.54, 1.807) is 0 Å². The molecule has 1 saturated carbocycles. The molecule has 4 atom stereocenters. The third-order valence-electron chi connectivity index (χ3n) is 4.96. The van der Waals surface area contributed by atoms with E-state index in [1.165, 1.54) is 19.3 Å². The van der Waals surface area contributed by atoms with Crippen molar-refractivity contribution in [1.82, 2.24) is 10.2 Å². The molecule has 2 amide bonds. The molecule has 0 bridgehead atoms. The molecule has 6 nitrogen and oxygen atoms in total. The lowest BCUT2D eigenvalue weighted by molar-refractivity contribution is -0.142. The molecule has 2 saturated heterocycles. The van der Waals surface area contributed by atoms with Gasteiger partial charge in [-0.2, -0.15) is 0 Å². The predicted octanol–water partition coefficient (Wildman–Crippen LogP) is 1.06. The van der Waals surface area contributed by atoms with Crippen LogP contribution in [0.2, 0.25) is 0 Å². The van der Waals surface area contributed by atoms with Crippen LogP contribution in [0.25, 0.3) is 0 Å². The number of likely N-dealkylation sites (tertiary alicyclic amines) is 1. The fraction of sp³-hybridized carbons (Fsp3) is 0.857. The number of aliphatic carboxylic acids is 1. The van der Waals surface area contributed by atoms with Gasteiger partial charge >= 0.3 is 12.0 Å². The van der Waals surface area contributed by atoms with Crippen LogP contribution in [0, 0.1) is 11.8 Å². The predicted molar refractivity (Wildman–Crippen MR) is 71.3 cm³/mol. The molecule has 6 heteroatoms. The van der Waals surface area contributed by atoms with Crippen LogP contribution in [0.3, 0.4) is 0 Å². The molecule has 3 aliphatic rings. The van der Waals surface area contributed by atoms with Gasteiger partial charge in [-0.1, -0.05) is 6.42 Å². The molecule has 2 heterocycles. The second-order valence-corrected chi connectivity index (χ2v) is 6.13. The number of nitrogens with one attached hydrogen (secondary N) is 1. The highest BCUT2D eigenvalue weighted by Crippen LogP contribution is 2.36. The third kappa shape index (κ3) is 2.49. The molecule has 20 heavy (non-hydrogen) atoms. The van der Waals surface area contributed by atoms with Gasteiger partial charge in [-0.05, 0) is 31.6 Å². The van der Waals surface area contributed by atoms with E-state index in [2.05, 4.69) is 5.32 Å². The van der Waals surface area contributed by atoms with Gasteiger partial charge in [0.1, 0.15) is 5.92 Å². The van der Waals surface area contributed by atoms with E-state index in [4.69, 9.17) is 9.84 Å². The third-order valence-corrected chi connectivity index (χ3v) is 4.96. The van der Waals surface area contributed by atoms with Gasteiger partial charge in [0.05, 0.1) is 19.3 Å². The Hall–Kier alpha value is -1.30. The smallest absolute Gasteiger partial charge is 0.317 e. The number of carbonyl (C=O) groups is 2. The summed E-state index contributed by atoms with van der Waals surface area (Å²) in [4.78, 5) is 25.5. The van der Waals surface area contributed by atoms with E-state index in [0.717, 1.165) is 19.4 Å². The molecule has 0 aromatic rings. The molecule has 3 fully saturated rings. The molecule has 0 aromatic carbocycles. The van der Waals surface area contributed by atoms with Crippen molar-refractivity contribution in [2.24, 2.45) is 11.8 Å². The molecule has 2 aliphatic heterocycles. The van der Waals surface area contributed by atoms with Gasteiger partial charge in [-0.3, -0.25) is 4.79 Å². The number of nitrogens with zero attached hydrogens (tertiary/aromatic N) is 1. The Kier molecular flexibility index (Phi) is 3.83. The quantitative estimate of drug-likeness (QED) is 0.794. The number of piperidine rings is 1. The maximum Gasteiger partial charge on any atom is 0.317 e. The number of hydrogen-bond donors (Lipinski definition) is 2. The zero-order valence-corrected chi connectivity index (χ0v) is 11.6. The SMILES string of the molecule is O=C(O)C1COCC1NC(=O)N1CCCC2CCCC21. The standard InChI is InChI=1S/C14H22N2O4/c17-13(18)10-7-20-8-11(10)15-14(19)16-6-2-4-9-3-1-5-12(9)16/h9-12H,1-8H2,(H,15,19)(H,17,18). The maximum absolute atomic E-state index is 12.4. The minimum Gasteiger partial charge on any atom is -0.481 e. The van der Waals surface area contributed by atoms with Crippen LogP contribution >= 0.6 is 0 Å². The van der Waals surface area contributed by atoms with Gasteiger partial charge in [-0.15, -0.1) is 0 Å². The van der Waals surface area contributed by atoms with Gasteiger partial charge in [0, 0.05) is 12.6 Å². The highest BCUT2D eigenvalue weighted by Gasteiger charge is 2.40. The van der Waals surface area contributed by atoms with Crippen molar-refractivity contribution >= 4 is 12.0 Å². The summed E-state index contributed by atoms with van der Waals surface area (Å²) in [6.07, 6.45) is 5.78. The van der Waals surface area contributed by atoms with Crippen LogP contribution in [0.1, 0.15) is 32.1 Å². The molecule has 1 aliphatic carbocycles. The number of carbonyl (C=O) groups excluding carboxylic acids is 1. The van der Waals surface area contributed by atoms with E-state index in [9.17, 15) is 9.59 Å². The van der Waals surface area contributed by atoms with Crippen LogP contribution in [0.15, 0.2) is 0 Å².